The molecule has 23 heavy (non-hydrogen) atoms. The fraction of sp³-hybridized carbons (Fsp3) is 0.750. The number of hydrogen-bond acceptors (Lipinski definition) is 3. The first-order valence-electron chi connectivity index (χ1n) is 9.13. The topological polar surface area (TPSA) is 53.2 Å². The van der Waals surface area contributed by atoms with Crippen molar-refractivity contribution in [1.82, 2.24) is 0 Å². The third kappa shape index (κ3) is 2.01. The molecule has 2 saturated carbocycles. The fourth-order valence-electron chi connectivity index (χ4n) is 6.41. The van der Waals surface area contributed by atoms with Crippen LogP contribution in [0.1, 0.15) is 51.4 Å². The molecule has 0 spiro atoms. The Morgan fingerprint density at radius 2 is 2.09 bits per heavy atom. The predicted molar refractivity (Wildman–Crippen MR) is 88.4 cm³/mol. The number of ether oxygens (including phenoxy) is 1. The van der Waals surface area contributed by atoms with Crippen molar-refractivity contribution in [2.75, 3.05) is 13.7 Å². The first kappa shape index (κ1) is 15.4. The number of hydrogen-bond donors (Lipinski definition) is 1. The zero-order chi connectivity index (χ0) is 16.1. The van der Waals surface area contributed by atoms with Crippen LogP contribution in [0, 0.1) is 34.5 Å². The van der Waals surface area contributed by atoms with Crippen LogP contribution in [0.25, 0.3) is 0 Å². The van der Waals surface area contributed by atoms with Crippen LogP contribution >= 0.6 is 0 Å². The van der Waals surface area contributed by atoms with Crippen LogP contribution < -0.4 is 0 Å². The number of rotatable bonds is 2. The van der Waals surface area contributed by atoms with Gasteiger partial charge in [0.15, 0.2) is 5.60 Å². The molecule has 0 radical (unpaired) electrons. The van der Waals surface area contributed by atoms with Crippen molar-refractivity contribution >= 4 is 0 Å². The third-order valence-corrected chi connectivity index (χ3v) is 7.42. The Labute approximate surface area is 139 Å². The highest BCUT2D eigenvalue weighted by atomic mass is 16.5. The molecule has 0 aliphatic heterocycles. The van der Waals surface area contributed by atoms with E-state index in [0.717, 1.165) is 32.1 Å². The van der Waals surface area contributed by atoms with Crippen LogP contribution in [-0.2, 0) is 4.74 Å². The van der Waals surface area contributed by atoms with Gasteiger partial charge in [0.25, 0.3) is 0 Å². The summed E-state index contributed by atoms with van der Waals surface area (Å²) in [5, 5.41) is 20.7. The van der Waals surface area contributed by atoms with Crippen molar-refractivity contribution < 1.29 is 9.84 Å². The van der Waals surface area contributed by atoms with Crippen LogP contribution in [0.15, 0.2) is 23.3 Å². The minimum atomic E-state index is -1.19. The number of fused-ring (bicyclic) bond motifs is 4. The van der Waals surface area contributed by atoms with E-state index in [-0.39, 0.29) is 5.41 Å². The summed E-state index contributed by atoms with van der Waals surface area (Å²) in [4.78, 5) is 0. The van der Waals surface area contributed by atoms with E-state index >= 15 is 0 Å². The van der Waals surface area contributed by atoms with Gasteiger partial charge in [-0.3, -0.25) is 0 Å². The Bertz CT molecular complexity index is 601. The van der Waals surface area contributed by atoms with E-state index in [1.165, 1.54) is 12.8 Å². The Balaban J connectivity index is 1.69. The highest BCUT2D eigenvalue weighted by Gasteiger charge is 2.64. The average Bonchev–Trinajstić information content (AvgIpc) is 2.89. The second-order valence-electron chi connectivity index (χ2n) is 8.06. The number of allylic oxidation sites excluding steroid dienone is 4. The lowest BCUT2D eigenvalue weighted by Crippen LogP contribution is -2.55. The standard InChI is InChI=1S/C20H27NO2/c1-23-13-19-10-8-16-15-5-3-2-4-14(15)6-7-17(16)18(19)9-11-20(19,22)12-21/h2-3,16-18,22H,4-11,13H2,1H3/t16-,17-,18+,19-,20?/m1/s1. The van der Waals surface area contributed by atoms with Crippen molar-refractivity contribution in [2.24, 2.45) is 23.2 Å². The second kappa shape index (κ2) is 5.46. The normalized spacial score (nSPS) is 45.2. The molecular weight excluding hydrogens is 286 g/mol. The summed E-state index contributed by atoms with van der Waals surface area (Å²) in [6.07, 6.45) is 13.0. The molecule has 124 valence electrons. The maximum Gasteiger partial charge on any atom is 0.159 e. The van der Waals surface area contributed by atoms with E-state index in [1.807, 2.05) is 0 Å². The van der Waals surface area contributed by atoms with Crippen LogP contribution in [0.3, 0.4) is 0 Å². The summed E-state index contributed by atoms with van der Waals surface area (Å²) in [5.41, 5.74) is 1.84. The molecule has 0 heterocycles. The minimum Gasteiger partial charge on any atom is -0.384 e. The Morgan fingerprint density at radius 3 is 2.87 bits per heavy atom. The number of nitrogens with zero attached hydrogens (tertiary/aromatic N) is 1. The Hall–Kier alpha value is -1.11. The van der Waals surface area contributed by atoms with Gasteiger partial charge in [0, 0.05) is 12.5 Å². The summed E-state index contributed by atoms with van der Waals surface area (Å²) < 4.78 is 5.54. The zero-order valence-electron chi connectivity index (χ0n) is 14.1. The van der Waals surface area contributed by atoms with E-state index < -0.39 is 5.60 Å². The Morgan fingerprint density at radius 1 is 1.26 bits per heavy atom. The van der Waals surface area contributed by atoms with Crippen molar-refractivity contribution in [3.05, 3.63) is 23.3 Å². The number of nitriles is 1. The van der Waals surface area contributed by atoms with Gasteiger partial charge in [-0.2, -0.15) is 5.26 Å². The van der Waals surface area contributed by atoms with E-state index in [0.29, 0.717) is 30.8 Å². The van der Waals surface area contributed by atoms with Crippen LogP contribution in [0.2, 0.25) is 0 Å². The molecule has 1 N–H and O–H groups in total. The molecule has 0 bridgehead atoms. The van der Waals surface area contributed by atoms with E-state index in [4.69, 9.17) is 4.74 Å². The molecule has 0 saturated heterocycles. The summed E-state index contributed by atoms with van der Waals surface area (Å²) in [7, 11) is 1.71. The first-order valence-corrected chi connectivity index (χ1v) is 9.13. The monoisotopic (exact) mass is 313 g/mol. The highest BCUT2D eigenvalue weighted by molar-refractivity contribution is 5.32. The summed E-state index contributed by atoms with van der Waals surface area (Å²) in [5.74, 6) is 1.75. The maximum absolute atomic E-state index is 11.0. The van der Waals surface area contributed by atoms with Gasteiger partial charge < -0.3 is 9.84 Å². The van der Waals surface area contributed by atoms with Gasteiger partial charge in [-0.15, -0.1) is 0 Å². The molecule has 4 aliphatic carbocycles. The molecular formula is C20H27NO2. The van der Waals surface area contributed by atoms with Crippen molar-refractivity contribution in [3.63, 3.8) is 0 Å². The fourth-order valence-corrected chi connectivity index (χ4v) is 6.41. The number of aliphatic hydroxyl groups is 1. The third-order valence-electron chi connectivity index (χ3n) is 7.42. The van der Waals surface area contributed by atoms with Crippen molar-refractivity contribution in [3.8, 4) is 6.07 Å². The van der Waals surface area contributed by atoms with Gasteiger partial charge >= 0.3 is 0 Å². The van der Waals surface area contributed by atoms with E-state index in [2.05, 4.69) is 18.2 Å². The molecule has 2 fully saturated rings. The molecule has 0 aromatic carbocycles. The van der Waals surface area contributed by atoms with Gasteiger partial charge in [0.05, 0.1) is 12.7 Å². The summed E-state index contributed by atoms with van der Waals surface area (Å²) >= 11 is 0. The maximum atomic E-state index is 11.0. The first-order chi connectivity index (χ1) is 11.1. The number of methoxy groups -OCH3 is 1. The van der Waals surface area contributed by atoms with Gasteiger partial charge in [-0.1, -0.05) is 23.3 Å². The smallest absolute Gasteiger partial charge is 0.159 e. The highest BCUT2D eigenvalue weighted by Crippen LogP contribution is 2.64. The zero-order valence-corrected chi connectivity index (χ0v) is 14.1. The molecule has 4 aliphatic rings. The minimum absolute atomic E-state index is 0.347. The molecule has 3 nitrogen and oxygen atoms in total. The van der Waals surface area contributed by atoms with Gasteiger partial charge in [-0.25, -0.2) is 0 Å². The predicted octanol–water partition coefficient (Wildman–Crippen LogP) is 3.75. The van der Waals surface area contributed by atoms with E-state index in [9.17, 15) is 10.4 Å². The van der Waals surface area contributed by atoms with Crippen molar-refractivity contribution in [1.29, 1.82) is 5.26 Å². The largest absolute Gasteiger partial charge is 0.384 e. The SMILES string of the molecule is COC[C@]12CC[C@@H]3C4=C(CC=CC4)CC[C@H]3[C@@H]1CCC2(O)C#N. The van der Waals surface area contributed by atoms with E-state index in [1.54, 1.807) is 18.3 Å². The van der Waals surface area contributed by atoms with Crippen LogP contribution in [0.5, 0.6) is 0 Å². The van der Waals surface area contributed by atoms with Crippen LogP contribution in [0.4, 0.5) is 0 Å². The van der Waals surface area contributed by atoms with Gasteiger partial charge in [0.2, 0.25) is 0 Å². The lowest BCUT2D eigenvalue weighted by atomic mass is 9.52. The molecule has 0 aromatic rings. The molecule has 1 unspecified atom stereocenters. The lowest BCUT2D eigenvalue weighted by Gasteiger charge is -2.53. The van der Waals surface area contributed by atoms with Gasteiger partial charge in [-0.05, 0) is 69.1 Å². The molecule has 5 atom stereocenters. The second-order valence-corrected chi connectivity index (χ2v) is 8.06. The lowest BCUT2D eigenvalue weighted by molar-refractivity contribution is -0.119. The quantitative estimate of drug-likeness (QED) is 0.624. The molecule has 0 amide bonds. The molecule has 3 heteroatoms. The van der Waals surface area contributed by atoms with Crippen LogP contribution in [-0.4, -0.2) is 24.4 Å². The average molecular weight is 313 g/mol. The summed E-state index contributed by atoms with van der Waals surface area (Å²) in [6, 6.07) is 2.27. The van der Waals surface area contributed by atoms with Gasteiger partial charge in [0.1, 0.15) is 0 Å². The molecule has 4 rings (SSSR count). The van der Waals surface area contributed by atoms with Crippen molar-refractivity contribution in [2.45, 2.75) is 57.0 Å². The summed E-state index contributed by atoms with van der Waals surface area (Å²) in [6.45, 7) is 0.525. The molecule has 0 aromatic heterocycles. The Kier molecular flexibility index (Phi) is 3.66.